The molecule has 24 heavy (non-hydrogen) atoms. The number of pyridine rings is 1. The zero-order valence-electron chi connectivity index (χ0n) is 13.0. The Bertz CT molecular complexity index is 756. The highest BCUT2D eigenvalue weighted by Gasteiger charge is 2.51. The summed E-state index contributed by atoms with van der Waals surface area (Å²) in [4.78, 5) is 26.2. The number of carbonyl (C=O) groups excluding carboxylic acids is 1. The number of carbonyl (C=O) groups is 1. The summed E-state index contributed by atoms with van der Waals surface area (Å²) < 4.78 is 14.0. The summed E-state index contributed by atoms with van der Waals surface area (Å²) in [6.07, 6.45) is 8.01. The smallest absolute Gasteiger partial charge is 0.274 e. The molecule has 124 valence electrons. The van der Waals surface area contributed by atoms with Gasteiger partial charge in [0.25, 0.3) is 5.91 Å². The molecule has 0 radical (unpaired) electrons. The molecule has 2 aliphatic rings. The summed E-state index contributed by atoms with van der Waals surface area (Å²) in [5.41, 5.74) is -0.774. The van der Waals surface area contributed by atoms with E-state index >= 15 is 0 Å². The number of aromatic nitrogens is 3. The van der Waals surface area contributed by atoms with Crippen LogP contribution in [0.5, 0.6) is 0 Å². The lowest BCUT2D eigenvalue weighted by Crippen LogP contribution is -2.52. The van der Waals surface area contributed by atoms with Crippen LogP contribution in [0.3, 0.4) is 0 Å². The van der Waals surface area contributed by atoms with Crippen LogP contribution in [0.1, 0.15) is 41.7 Å². The number of piperidine rings is 1. The topological polar surface area (TPSA) is 79.2 Å². The molecule has 6 nitrogen and oxygen atoms in total. The Morgan fingerprint density at radius 2 is 1.96 bits per heavy atom. The molecule has 2 fully saturated rings. The molecule has 1 amide bonds. The van der Waals surface area contributed by atoms with Gasteiger partial charge in [-0.1, -0.05) is 6.07 Å². The maximum absolute atomic E-state index is 14.0. The Labute approximate surface area is 138 Å². The summed E-state index contributed by atoms with van der Waals surface area (Å²) in [6, 6.07) is 2.92. The molecule has 4 heterocycles. The molecule has 0 aromatic carbocycles. The van der Waals surface area contributed by atoms with Crippen LogP contribution in [-0.2, 0) is 5.60 Å². The number of amides is 1. The van der Waals surface area contributed by atoms with E-state index in [9.17, 15) is 14.3 Å². The van der Waals surface area contributed by atoms with E-state index in [4.69, 9.17) is 0 Å². The zero-order chi connectivity index (χ0) is 16.7. The first-order valence-corrected chi connectivity index (χ1v) is 8.00. The van der Waals surface area contributed by atoms with Crippen molar-refractivity contribution in [3.63, 3.8) is 0 Å². The fraction of sp³-hybridized carbons (Fsp3) is 0.412. The maximum atomic E-state index is 14.0. The highest BCUT2D eigenvalue weighted by molar-refractivity contribution is 5.92. The fourth-order valence-electron chi connectivity index (χ4n) is 4.05. The highest BCUT2D eigenvalue weighted by Crippen LogP contribution is 2.46. The highest BCUT2D eigenvalue weighted by atomic mass is 19.1. The quantitative estimate of drug-likeness (QED) is 0.848. The summed E-state index contributed by atoms with van der Waals surface area (Å²) >= 11 is 0. The lowest BCUT2D eigenvalue weighted by atomic mass is 9.81. The second-order valence-corrected chi connectivity index (χ2v) is 6.47. The molecular formula is C17H17FN4O2. The van der Waals surface area contributed by atoms with E-state index in [1.807, 2.05) is 0 Å². The third kappa shape index (κ3) is 2.36. The standard InChI is InChI=1S/C17H17FN4O2/c18-15-13(2-1-5-21-15)17(24)8-11-3-4-12(9-17)22(11)16(23)14-10-19-6-7-20-14/h1-2,5-7,10-12,24H,3-4,8-9H2/t11-,12+,17?. The van der Waals surface area contributed by atoms with E-state index in [1.165, 1.54) is 24.8 Å². The van der Waals surface area contributed by atoms with Gasteiger partial charge < -0.3 is 10.0 Å². The summed E-state index contributed by atoms with van der Waals surface area (Å²) in [5, 5.41) is 11.0. The van der Waals surface area contributed by atoms with Crippen LogP contribution in [0.4, 0.5) is 4.39 Å². The normalized spacial score (nSPS) is 28.8. The van der Waals surface area contributed by atoms with Crippen molar-refractivity contribution in [2.24, 2.45) is 0 Å². The van der Waals surface area contributed by atoms with E-state index in [0.29, 0.717) is 18.5 Å². The van der Waals surface area contributed by atoms with Gasteiger partial charge in [-0.2, -0.15) is 4.39 Å². The van der Waals surface area contributed by atoms with Crippen molar-refractivity contribution in [1.82, 2.24) is 19.9 Å². The van der Waals surface area contributed by atoms with Gasteiger partial charge in [-0.05, 0) is 18.9 Å². The van der Waals surface area contributed by atoms with E-state index in [1.54, 1.807) is 17.0 Å². The molecule has 3 atom stereocenters. The predicted octanol–water partition coefficient (Wildman–Crippen LogP) is 1.67. The largest absolute Gasteiger partial charge is 0.385 e. The first kappa shape index (κ1) is 15.1. The monoisotopic (exact) mass is 328 g/mol. The number of fused-ring (bicyclic) bond motifs is 2. The molecule has 0 saturated carbocycles. The van der Waals surface area contributed by atoms with Gasteiger partial charge >= 0.3 is 0 Å². The lowest BCUT2D eigenvalue weighted by Gasteiger charge is -2.43. The Morgan fingerprint density at radius 1 is 1.21 bits per heavy atom. The molecule has 2 aliphatic heterocycles. The van der Waals surface area contributed by atoms with Crippen molar-refractivity contribution in [2.45, 2.75) is 43.4 Å². The van der Waals surface area contributed by atoms with Crippen LogP contribution in [-0.4, -0.2) is 42.9 Å². The number of halogens is 1. The predicted molar refractivity (Wildman–Crippen MR) is 82.3 cm³/mol. The van der Waals surface area contributed by atoms with Gasteiger partial charge in [-0.25, -0.2) is 9.97 Å². The van der Waals surface area contributed by atoms with Crippen molar-refractivity contribution in [2.75, 3.05) is 0 Å². The molecule has 0 spiro atoms. The van der Waals surface area contributed by atoms with E-state index in [-0.39, 0.29) is 23.6 Å². The Hall–Kier alpha value is -2.41. The van der Waals surface area contributed by atoms with Gasteiger partial charge in [0, 0.05) is 49.1 Å². The van der Waals surface area contributed by atoms with Crippen LogP contribution in [0.15, 0.2) is 36.9 Å². The van der Waals surface area contributed by atoms with Gasteiger partial charge in [0.1, 0.15) is 5.69 Å². The first-order chi connectivity index (χ1) is 11.6. The molecule has 2 aromatic rings. The third-order valence-electron chi connectivity index (χ3n) is 5.04. The Kier molecular flexibility index (Phi) is 3.53. The molecule has 4 rings (SSSR count). The van der Waals surface area contributed by atoms with E-state index < -0.39 is 11.5 Å². The molecule has 0 aliphatic carbocycles. The summed E-state index contributed by atoms with van der Waals surface area (Å²) in [6.45, 7) is 0. The van der Waals surface area contributed by atoms with Crippen LogP contribution < -0.4 is 0 Å². The SMILES string of the molecule is O=C(c1cnccn1)N1[C@@H]2CC[C@H]1CC(O)(c1cccnc1F)C2. The molecule has 1 unspecified atom stereocenters. The van der Waals surface area contributed by atoms with Gasteiger partial charge in [0.05, 0.1) is 11.8 Å². The van der Waals surface area contributed by atoms with Gasteiger partial charge in [-0.15, -0.1) is 0 Å². The average Bonchev–Trinajstić information content (AvgIpc) is 2.87. The Morgan fingerprint density at radius 3 is 2.58 bits per heavy atom. The number of aliphatic hydroxyl groups is 1. The minimum atomic E-state index is -1.29. The lowest BCUT2D eigenvalue weighted by molar-refractivity contribution is -0.0505. The fourth-order valence-corrected chi connectivity index (χ4v) is 4.05. The van der Waals surface area contributed by atoms with Gasteiger partial charge in [0.2, 0.25) is 5.95 Å². The third-order valence-corrected chi connectivity index (χ3v) is 5.04. The van der Waals surface area contributed by atoms with Gasteiger partial charge in [-0.3, -0.25) is 9.78 Å². The molecule has 2 bridgehead atoms. The van der Waals surface area contributed by atoms with Crippen molar-refractivity contribution in [3.8, 4) is 0 Å². The summed E-state index contributed by atoms with van der Waals surface area (Å²) in [5.74, 6) is -0.822. The minimum Gasteiger partial charge on any atom is -0.385 e. The molecule has 2 saturated heterocycles. The van der Waals surface area contributed by atoms with E-state index in [2.05, 4.69) is 15.0 Å². The van der Waals surface area contributed by atoms with Crippen LogP contribution in [0, 0.1) is 5.95 Å². The second kappa shape index (κ2) is 5.59. The van der Waals surface area contributed by atoms with Crippen molar-refractivity contribution < 1.29 is 14.3 Å². The van der Waals surface area contributed by atoms with Crippen LogP contribution >= 0.6 is 0 Å². The molecule has 2 aromatic heterocycles. The maximum Gasteiger partial charge on any atom is 0.274 e. The minimum absolute atomic E-state index is 0.136. The molecule has 7 heteroatoms. The van der Waals surface area contributed by atoms with Crippen molar-refractivity contribution in [3.05, 3.63) is 54.1 Å². The number of hydrogen-bond acceptors (Lipinski definition) is 5. The number of hydrogen-bond donors (Lipinski definition) is 1. The molecule has 1 N–H and O–H groups in total. The van der Waals surface area contributed by atoms with Crippen LogP contribution in [0.2, 0.25) is 0 Å². The number of rotatable bonds is 2. The van der Waals surface area contributed by atoms with Crippen molar-refractivity contribution >= 4 is 5.91 Å². The van der Waals surface area contributed by atoms with Crippen LogP contribution in [0.25, 0.3) is 0 Å². The Balaban J connectivity index is 1.62. The average molecular weight is 328 g/mol. The van der Waals surface area contributed by atoms with Gasteiger partial charge in [0.15, 0.2) is 0 Å². The van der Waals surface area contributed by atoms with E-state index in [0.717, 1.165) is 12.8 Å². The van der Waals surface area contributed by atoms with Crippen molar-refractivity contribution in [1.29, 1.82) is 0 Å². The zero-order valence-corrected chi connectivity index (χ0v) is 13.0. The number of nitrogens with zero attached hydrogens (tertiary/aromatic N) is 4. The summed E-state index contributed by atoms with van der Waals surface area (Å²) in [7, 11) is 0. The second-order valence-electron chi connectivity index (χ2n) is 6.47. The first-order valence-electron chi connectivity index (χ1n) is 8.00. The molecular weight excluding hydrogens is 311 g/mol.